The molecule has 2 amide bonds. The number of alkyl halides is 3. The van der Waals surface area contributed by atoms with E-state index < -0.39 is 17.6 Å². The fraction of sp³-hybridized carbons (Fsp3) is 0.364. The second-order valence-electron chi connectivity index (χ2n) is 7.73. The van der Waals surface area contributed by atoms with Gasteiger partial charge >= 0.3 is 12.1 Å². The van der Waals surface area contributed by atoms with E-state index in [-0.39, 0.29) is 11.8 Å². The normalized spacial score (nSPS) is 20.3. The molecule has 170 valence electrons. The van der Waals surface area contributed by atoms with E-state index in [0.717, 1.165) is 24.1 Å². The maximum absolute atomic E-state index is 13.0. The Morgan fingerprint density at radius 3 is 2.31 bits per heavy atom. The Labute approximate surface area is 182 Å². The minimum absolute atomic E-state index is 0.107. The summed E-state index contributed by atoms with van der Waals surface area (Å²) in [5, 5.41) is 7.12. The summed E-state index contributed by atoms with van der Waals surface area (Å²) >= 11 is 0. The van der Waals surface area contributed by atoms with Crippen LogP contribution in [0.4, 0.5) is 18.9 Å². The Morgan fingerprint density at radius 2 is 1.72 bits per heavy atom. The summed E-state index contributed by atoms with van der Waals surface area (Å²) < 4.78 is 31.7. The molecule has 1 atom stereocenters. The molecule has 1 unspecified atom stereocenters. The number of halogens is 3. The maximum Gasteiger partial charge on any atom is 0.490 e. The molecule has 0 radical (unpaired) electrons. The number of carboxylic acids is 1. The van der Waals surface area contributed by atoms with E-state index in [1.807, 2.05) is 52.3 Å². The highest BCUT2D eigenvalue weighted by atomic mass is 19.4. The fourth-order valence-electron chi connectivity index (χ4n) is 3.93. The molecule has 0 saturated carbocycles. The Balaban J connectivity index is 0.000000360. The van der Waals surface area contributed by atoms with Crippen LogP contribution in [0.1, 0.15) is 18.4 Å². The van der Waals surface area contributed by atoms with Crippen molar-refractivity contribution < 1.29 is 32.7 Å². The number of hydrogen-bond donors (Lipinski definition) is 1. The number of likely N-dealkylation sites (tertiary alicyclic amines) is 1. The van der Waals surface area contributed by atoms with E-state index in [1.165, 1.54) is 0 Å². The van der Waals surface area contributed by atoms with E-state index in [1.54, 1.807) is 12.4 Å². The number of nitrogens with zero attached hydrogens (tertiary/aromatic N) is 3. The first kappa shape index (κ1) is 23.2. The number of carbonyl (C=O) groups is 3. The van der Waals surface area contributed by atoms with E-state index >= 15 is 0 Å². The number of pyridine rings is 1. The summed E-state index contributed by atoms with van der Waals surface area (Å²) in [7, 11) is 0. The molecule has 2 fully saturated rings. The van der Waals surface area contributed by atoms with Crippen molar-refractivity contribution in [2.75, 3.05) is 24.5 Å². The van der Waals surface area contributed by atoms with Crippen molar-refractivity contribution in [3.63, 3.8) is 0 Å². The summed E-state index contributed by atoms with van der Waals surface area (Å²) in [4.78, 5) is 42.3. The van der Waals surface area contributed by atoms with Crippen molar-refractivity contribution in [1.29, 1.82) is 0 Å². The second kappa shape index (κ2) is 9.37. The molecule has 7 nitrogen and oxygen atoms in total. The van der Waals surface area contributed by atoms with Crippen LogP contribution in [0.2, 0.25) is 0 Å². The molecule has 0 bridgehead atoms. The van der Waals surface area contributed by atoms with Gasteiger partial charge in [0.2, 0.25) is 11.8 Å². The molecule has 1 aromatic heterocycles. The highest BCUT2D eigenvalue weighted by Gasteiger charge is 2.51. The van der Waals surface area contributed by atoms with Crippen molar-refractivity contribution in [2.45, 2.75) is 25.4 Å². The maximum atomic E-state index is 13.0. The number of aromatic nitrogens is 1. The molecule has 2 aromatic rings. The van der Waals surface area contributed by atoms with Gasteiger partial charge in [0.05, 0.1) is 23.7 Å². The fourth-order valence-corrected chi connectivity index (χ4v) is 3.93. The van der Waals surface area contributed by atoms with Crippen molar-refractivity contribution >= 4 is 23.5 Å². The van der Waals surface area contributed by atoms with Crippen LogP contribution in [-0.4, -0.2) is 58.6 Å². The molecular formula is C22H22F3N3O4. The van der Waals surface area contributed by atoms with Crippen LogP contribution in [0.5, 0.6) is 0 Å². The van der Waals surface area contributed by atoms with Gasteiger partial charge < -0.3 is 14.9 Å². The molecule has 1 spiro atoms. The Hall–Kier alpha value is -3.43. The topological polar surface area (TPSA) is 90.8 Å². The highest BCUT2D eigenvalue weighted by molar-refractivity contribution is 6.00. The van der Waals surface area contributed by atoms with Crippen molar-refractivity contribution in [3.05, 3.63) is 60.4 Å². The van der Waals surface area contributed by atoms with Crippen LogP contribution < -0.4 is 4.90 Å². The van der Waals surface area contributed by atoms with Crippen molar-refractivity contribution in [2.24, 2.45) is 5.41 Å². The molecule has 2 aliphatic heterocycles. The number of carboxylic acid groups (broad SMARTS) is 1. The average Bonchev–Trinajstić information content (AvgIpc) is 3.34. The first-order valence-corrected chi connectivity index (χ1v) is 9.96. The zero-order valence-corrected chi connectivity index (χ0v) is 17.1. The number of carbonyl (C=O) groups excluding carboxylic acids is 2. The number of aliphatic carboxylic acids is 1. The third-order valence-corrected chi connectivity index (χ3v) is 5.62. The molecular weight excluding hydrogens is 427 g/mol. The third-order valence-electron chi connectivity index (χ3n) is 5.62. The molecule has 0 aliphatic carbocycles. The molecule has 32 heavy (non-hydrogen) atoms. The number of rotatable bonds is 3. The monoisotopic (exact) mass is 449 g/mol. The van der Waals surface area contributed by atoms with Gasteiger partial charge in [-0.05, 0) is 30.5 Å². The third kappa shape index (κ3) is 5.24. The van der Waals surface area contributed by atoms with Gasteiger partial charge in [0.25, 0.3) is 0 Å². The predicted octanol–water partition coefficient (Wildman–Crippen LogP) is 2.91. The Morgan fingerprint density at radius 1 is 1.06 bits per heavy atom. The zero-order valence-electron chi connectivity index (χ0n) is 17.1. The smallest absolute Gasteiger partial charge is 0.475 e. The molecule has 10 heteroatoms. The van der Waals surface area contributed by atoms with Gasteiger partial charge in [-0.25, -0.2) is 4.79 Å². The van der Waals surface area contributed by atoms with Crippen LogP contribution in [0.15, 0.2) is 54.9 Å². The van der Waals surface area contributed by atoms with E-state index in [9.17, 15) is 22.8 Å². The van der Waals surface area contributed by atoms with Crippen molar-refractivity contribution in [1.82, 2.24) is 9.88 Å². The highest BCUT2D eigenvalue weighted by Crippen LogP contribution is 2.42. The summed E-state index contributed by atoms with van der Waals surface area (Å²) in [5.41, 5.74) is 1.45. The molecule has 3 heterocycles. The Bertz CT molecular complexity index is 969. The first-order chi connectivity index (χ1) is 15.1. The molecule has 2 aliphatic rings. The van der Waals surface area contributed by atoms with E-state index in [0.29, 0.717) is 26.1 Å². The molecule has 4 rings (SSSR count). The van der Waals surface area contributed by atoms with E-state index in [2.05, 4.69) is 4.98 Å². The number of amides is 2. The number of anilines is 1. The van der Waals surface area contributed by atoms with Gasteiger partial charge in [0.1, 0.15) is 0 Å². The lowest BCUT2D eigenvalue weighted by Crippen LogP contribution is -2.38. The SMILES string of the molecule is O=C(Cc1ccccc1)N1CCC2(CCN(c3cccnc3)C2=O)C1.O=C(O)C(F)(F)F. The minimum atomic E-state index is -5.08. The van der Waals surface area contributed by atoms with Crippen LogP contribution >= 0.6 is 0 Å². The average molecular weight is 449 g/mol. The van der Waals surface area contributed by atoms with Gasteiger partial charge in [-0.3, -0.25) is 14.6 Å². The lowest BCUT2D eigenvalue weighted by atomic mass is 9.85. The second-order valence-corrected chi connectivity index (χ2v) is 7.73. The summed E-state index contributed by atoms with van der Waals surface area (Å²) in [6.07, 6.45) is 0.306. The predicted molar refractivity (Wildman–Crippen MR) is 109 cm³/mol. The van der Waals surface area contributed by atoms with Gasteiger partial charge in [-0.15, -0.1) is 0 Å². The van der Waals surface area contributed by atoms with E-state index in [4.69, 9.17) is 9.90 Å². The molecule has 1 N–H and O–H groups in total. The lowest BCUT2D eigenvalue weighted by Gasteiger charge is -2.23. The number of benzene rings is 1. The van der Waals surface area contributed by atoms with Gasteiger partial charge in [0, 0.05) is 25.8 Å². The minimum Gasteiger partial charge on any atom is -0.475 e. The van der Waals surface area contributed by atoms with Crippen LogP contribution in [0.25, 0.3) is 0 Å². The summed E-state index contributed by atoms with van der Waals surface area (Å²) in [6.45, 7) is 1.90. The van der Waals surface area contributed by atoms with Crippen molar-refractivity contribution in [3.8, 4) is 0 Å². The standard InChI is InChI=1S/C20H21N3O2.C2HF3O2/c24-18(13-16-5-2-1-3-6-16)22-11-8-20(15-22)9-12-23(19(20)25)17-7-4-10-21-14-17;3-2(4,5)1(6)7/h1-7,10,14H,8-9,11-13,15H2;(H,6,7). The summed E-state index contributed by atoms with van der Waals surface area (Å²) in [6, 6.07) is 13.5. The lowest BCUT2D eigenvalue weighted by molar-refractivity contribution is -0.192. The summed E-state index contributed by atoms with van der Waals surface area (Å²) in [5.74, 6) is -2.52. The van der Waals surface area contributed by atoms with Gasteiger partial charge in [0.15, 0.2) is 0 Å². The molecule has 2 saturated heterocycles. The van der Waals surface area contributed by atoms with Crippen LogP contribution in [0.3, 0.4) is 0 Å². The Kier molecular flexibility index (Phi) is 6.81. The van der Waals surface area contributed by atoms with Gasteiger partial charge in [-0.1, -0.05) is 30.3 Å². The largest absolute Gasteiger partial charge is 0.490 e. The zero-order chi connectivity index (χ0) is 23.4. The number of hydrogen-bond acceptors (Lipinski definition) is 4. The van der Waals surface area contributed by atoms with Gasteiger partial charge in [-0.2, -0.15) is 13.2 Å². The quantitative estimate of drug-likeness (QED) is 0.778. The first-order valence-electron chi connectivity index (χ1n) is 9.96. The molecule has 1 aromatic carbocycles. The van der Waals surface area contributed by atoms with Crippen LogP contribution in [-0.2, 0) is 20.8 Å². The van der Waals surface area contributed by atoms with Crippen LogP contribution in [0, 0.1) is 5.41 Å².